The van der Waals surface area contributed by atoms with Gasteiger partial charge in [0.25, 0.3) is 0 Å². The lowest BCUT2D eigenvalue weighted by atomic mass is 10.1. The number of carboxylic acids is 1. The standard InChI is InChI=1S/C11H14O3S/c1-11(2)7(8(11)9(12)13)5-6-3-4-15-10(6)14/h5,7-8H,3-4H2,1-2H3,(H,12,13)/b6-5+/t7-,8+/m0/s1. The van der Waals surface area contributed by atoms with Gasteiger partial charge in [-0.25, -0.2) is 0 Å². The van der Waals surface area contributed by atoms with Gasteiger partial charge in [0.2, 0.25) is 5.12 Å². The van der Waals surface area contributed by atoms with Crippen molar-refractivity contribution in [2.75, 3.05) is 5.75 Å². The fraction of sp³-hybridized carbons (Fsp3) is 0.636. The second-order valence-corrected chi connectivity index (χ2v) is 5.81. The molecule has 0 spiro atoms. The van der Waals surface area contributed by atoms with Crippen molar-refractivity contribution in [1.82, 2.24) is 0 Å². The Hall–Kier alpha value is -0.770. The lowest BCUT2D eigenvalue weighted by Gasteiger charge is -1.97. The van der Waals surface area contributed by atoms with Gasteiger partial charge in [0.1, 0.15) is 0 Å². The molecule has 0 amide bonds. The molecule has 1 N–H and O–H groups in total. The molecule has 1 saturated carbocycles. The summed E-state index contributed by atoms with van der Waals surface area (Å²) in [7, 11) is 0. The van der Waals surface area contributed by atoms with Crippen molar-refractivity contribution in [3.8, 4) is 0 Å². The van der Waals surface area contributed by atoms with E-state index in [4.69, 9.17) is 5.11 Å². The van der Waals surface area contributed by atoms with Gasteiger partial charge in [-0.15, -0.1) is 0 Å². The van der Waals surface area contributed by atoms with Crippen LogP contribution in [0.25, 0.3) is 0 Å². The van der Waals surface area contributed by atoms with Crippen molar-refractivity contribution in [2.24, 2.45) is 17.3 Å². The number of allylic oxidation sites excluding steroid dienone is 1. The molecule has 0 aromatic rings. The van der Waals surface area contributed by atoms with Crippen LogP contribution in [0.4, 0.5) is 0 Å². The van der Waals surface area contributed by atoms with E-state index in [1.165, 1.54) is 11.8 Å². The summed E-state index contributed by atoms with van der Waals surface area (Å²) in [6.07, 6.45) is 2.68. The quantitative estimate of drug-likeness (QED) is 0.731. The van der Waals surface area contributed by atoms with Crippen LogP contribution in [0, 0.1) is 17.3 Å². The summed E-state index contributed by atoms with van der Waals surface area (Å²) in [5.41, 5.74) is 0.633. The summed E-state index contributed by atoms with van der Waals surface area (Å²) in [4.78, 5) is 22.3. The molecule has 1 aliphatic carbocycles. The van der Waals surface area contributed by atoms with Crippen molar-refractivity contribution < 1.29 is 14.7 Å². The van der Waals surface area contributed by atoms with E-state index in [0.29, 0.717) is 0 Å². The highest BCUT2D eigenvalue weighted by Crippen LogP contribution is 2.59. The lowest BCUT2D eigenvalue weighted by molar-refractivity contribution is -0.139. The summed E-state index contributed by atoms with van der Waals surface area (Å²) >= 11 is 1.33. The van der Waals surface area contributed by atoms with Crippen LogP contribution >= 0.6 is 11.8 Å². The number of carbonyl (C=O) groups excluding carboxylic acids is 1. The molecule has 2 atom stereocenters. The number of hydrogen-bond acceptors (Lipinski definition) is 3. The molecule has 0 unspecified atom stereocenters. The summed E-state index contributed by atoms with van der Waals surface area (Å²) < 4.78 is 0. The van der Waals surface area contributed by atoms with Gasteiger partial charge in [0.05, 0.1) is 5.92 Å². The smallest absolute Gasteiger partial charge is 0.307 e. The van der Waals surface area contributed by atoms with Crippen molar-refractivity contribution in [3.05, 3.63) is 11.6 Å². The molecule has 0 aromatic carbocycles. The first-order valence-corrected chi connectivity index (χ1v) is 6.04. The van der Waals surface area contributed by atoms with Crippen LogP contribution < -0.4 is 0 Å². The van der Waals surface area contributed by atoms with Crippen molar-refractivity contribution in [2.45, 2.75) is 20.3 Å². The van der Waals surface area contributed by atoms with Crippen molar-refractivity contribution in [1.29, 1.82) is 0 Å². The minimum absolute atomic E-state index is 0.0349. The fourth-order valence-electron chi connectivity index (χ4n) is 2.28. The molecule has 0 radical (unpaired) electrons. The summed E-state index contributed by atoms with van der Waals surface area (Å²) in [6.45, 7) is 3.89. The van der Waals surface area contributed by atoms with Crippen LogP contribution in [0.2, 0.25) is 0 Å². The average molecular weight is 226 g/mol. The van der Waals surface area contributed by atoms with Crippen LogP contribution in [0.1, 0.15) is 20.3 Å². The number of carboxylic acid groups (broad SMARTS) is 1. The molecule has 0 bridgehead atoms. The van der Waals surface area contributed by atoms with Crippen LogP contribution in [0.3, 0.4) is 0 Å². The number of aliphatic carboxylic acids is 1. The van der Waals surface area contributed by atoms with Crippen molar-refractivity contribution >= 4 is 22.8 Å². The Bertz CT molecular complexity index is 357. The van der Waals surface area contributed by atoms with E-state index in [2.05, 4.69) is 0 Å². The van der Waals surface area contributed by atoms with E-state index >= 15 is 0 Å². The van der Waals surface area contributed by atoms with Crippen LogP contribution in [0.5, 0.6) is 0 Å². The van der Waals surface area contributed by atoms with Gasteiger partial charge in [0, 0.05) is 11.3 Å². The van der Waals surface area contributed by atoms with Gasteiger partial charge >= 0.3 is 5.97 Å². The molecule has 2 aliphatic rings. The largest absolute Gasteiger partial charge is 0.481 e. The fourth-order valence-corrected chi connectivity index (χ4v) is 3.14. The minimum Gasteiger partial charge on any atom is -0.481 e. The molecule has 1 heterocycles. The number of rotatable bonds is 2. The van der Waals surface area contributed by atoms with E-state index in [1.54, 1.807) is 0 Å². The molecule has 4 heteroatoms. The first-order valence-electron chi connectivity index (χ1n) is 5.05. The molecule has 1 saturated heterocycles. The molecular weight excluding hydrogens is 212 g/mol. The van der Waals surface area contributed by atoms with Crippen LogP contribution in [-0.2, 0) is 9.59 Å². The third kappa shape index (κ3) is 1.71. The number of thioether (sulfide) groups is 1. The summed E-state index contributed by atoms with van der Waals surface area (Å²) in [5, 5.41) is 9.11. The van der Waals surface area contributed by atoms with E-state index in [-0.39, 0.29) is 22.4 Å². The number of carbonyl (C=O) groups is 2. The minimum atomic E-state index is -0.750. The van der Waals surface area contributed by atoms with Crippen LogP contribution in [0.15, 0.2) is 11.6 Å². The molecular formula is C11H14O3S. The molecule has 1 aliphatic heterocycles. The zero-order chi connectivity index (χ0) is 11.2. The molecule has 2 fully saturated rings. The highest BCUT2D eigenvalue weighted by Gasteiger charge is 2.61. The zero-order valence-electron chi connectivity index (χ0n) is 8.82. The normalized spacial score (nSPS) is 35.9. The highest BCUT2D eigenvalue weighted by molar-refractivity contribution is 8.14. The predicted octanol–water partition coefficient (Wildman–Crippen LogP) is 1.93. The lowest BCUT2D eigenvalue weighted by Crippen LogP contribution is -2.03. The van der Waals surface area contributed by atoms with Crippen LogP contribution in [-0.4, -0.2) is 21.9 Å². The van der Waals surface area contributed by atoms with E-state index in [0.717, 1.165) is 17.7 Å². The van der Waals surface area contributed by atoms with Gasteiger partial charge < -0.3 is 5.11 Å². The first kappa shape index (κ1) is 10.7. The molecule has 82 valence electrons. The Kier molecular flexibility index (Phi) is 2.41. The first-order chi connectivity index (χ1) is 6.94. The Morgan fingerprint density at radius 1 is 1.60 bits per heavy atom. The second-order valence-electron chi connectivity index (χ2n) is 4.74. The molecule has 15 heavy (non-hydrogen) atoms. The molecule has 3 nitrogen and oxygen atoms in total. The maximum absolute atomic E-state index is 11.4. The van der Waals surface area contributed by atoms with Crippen molar-refractivity contribution in [3.63, 3.8) is 0 Å². The Labute approximate surface area is 92.9 Å². The molecule has 0 aromatic heterocycles. The van der Waals surface area contributed by atoms with Gasteiger partial charge in [-0.05, 0) is 17.8 Å². The third-order valence-electron chi connectivity index (χ3n) is 3.42. The van der Waals surface area contributed by atoms with Gasteiger partial charge in [-0.1, -0.05) is 31.7 Å². The van der Waals surface area contributed by atoms with E-state index in [1.807, 2.05) is 19.9 Å². The second kappa shape index (κ2) is 3.37. The predicted molar refractivity (Wildman–Crippen MR) is 58.6 cm³/mol. The van der Waals surface area contributed by atoms with Gasteiger partial charge in [-0.2, -0.15) is 0 Å². The average Bonchev–Trinajstić information content (AvgIpc) is 2.47. The maximum atomic E-state index is 11.4. The molecule has 2 rings (SSSR count). The van der Waals surface area contributed by atoms with E-state index < -0.39 is 5.97 Å². The highest BCUT2D eigenvalue weighted by atomic mass is 32.2. The van der Waals surface area contributed by atoms with E-state index in [9.17, 15) is 9.59 Å². The number of hydrogen-bond donors (Lipinski definition) is 1. The zero-order valence-corrected chi connectivity index (χ0v) is 9.63. The Balaban J connectivity index is 2.15. The SMILES string of the molecule is CC1(C)[C@@H](/C=C2\CCSC2=O)[C@@H]1C(=O)O. The summed E-state index contributed by atoms with van der Waals surface area (Å²) in [6, 6.07) is 0. The Morgan fingerprint density at radius 3 is 2.67 bits per heavy atom. The van der Waals surface area contributed by atoms with Gasteiger partial charge in [-0.3, -0.25) is 9.59 Å². The third-order valence-corrected chi connectivity index (χ3v) is 4.36. The topological polar surface area (TPSA) is 54.4 Å². The monoisotopic (exact) mass is 226 g/mol. The maximum Gasteiger partial charge on any atom is 0.307 e. The Morgan fingerprint density at radius 2 is 2.27 bits per heavy atom. The van der Waals surface area contributed by atoms with Gasteiger partial charge in [0.15, 0.2) is 0 Å². The summed E-state index contributed by atoms with van der Waals surface area (Å²) in [5.74, 6) is -0.189.